The van der Waals surface area contributed by atoms with Crippen LogP contribution in [0.3, 0.4) is 0 Å². The van der Waals surface area contributed by atoms with Crippen molar-refractivity contribution in [2.45, 2.75) is 37.6 Å². The standard InChI is InChI=1S/C21H23N5O2/c27-20-13-25(21(28)26(20)17-4-2-1-3-5-17)16-8-10-24(11-9-16)19-12-18(15-6-7-15)22-14-23-19/h1-5,12,14-16H,6-11,13H2. The number of hydrogen-bond donors (Lipinski definition) is 0. The lowest BCUT2D eigenvalue weighted by Crippen LogP contribution is -2.46. The Labute approximate surface area is 164 Å². The monoisotopic (exact) mass is 377 g/mol. The molecule has 3 heterocycles. The molecule has 1 aromatic heterocycles. The molecule has 0 N–H and O–H groups in total. The Balaban J connectivity index is 1.25. The van der Waals surface area contributed by atoms with Crippen molar-refractivity contribution in [1.82, 2.24) is 14.9 Å². The van der Waals surface area contributed by atoms with E-state index in [0.29, 0.717) is 11.6 Å². The molecule has 144 valence electrons. The third kappa shape index (κ3) is 3.10. The van der Waals surface area contributed by atoms with Gasteiger partial charge in [-0.1, -0.05) is 18.2 Å². The van der Waals surface area contributed by atoms with Crippen LogP contribution in [0.2, 0.25) is 0 Å². The van der Waals surface area contributed by atoms with Gasteiger partial charge in [0.05, 0.1) is 5.69 Å². The van der Waals surface area contributed by atoms with Crippen molar-refractivity contribution >= 4 is 23.4 Å². The van der Waals surface area contributed by atoms with Crippen molar-refractivity contribution in [3.8, 4) is 0 Å². The molecule has 0 unspecified atom stereocenters. The van der Waals surface area contributed by atoms with Crippen molar-refractivity contribution in [3.63, 3.8) is 0 Å². The predicted molar refractivity (Wildman–Crippen MR) is 105 cm³/mol. The van der Waals surface area contributed by atoms with E-state index in [-0.39, 0.29) is 24.5 Å². The van der Waals surface area contributed by atoms with Crippen LogP contribution < -0.4 is 9.80 Å². The molecule has 7 nitrogen and oxygen atoms in total. The van der Waals surface area contributed by atoms with Crippen LogP contribution >= 0.6 is 0 Å². The van der Waals surface area contributed by atoms with E-state index in [1.165, 1.54) is 17.7 Å². The summed E-state index contributed by atoms with van der Waals surface area (Å²) < 4.78 is 0. The minimum Gasteiger partial charge on any atom is -0.356 e. The zero-order valence-corrected chi connectivity index (χ0v) is 15.7. The van der Waals surface area contributed by atoms with Gasteiger partial charge in [-0.15, -0.1) is 0 Å². The number of carbonyl (C=O) groups is 2. The van der Waals surface area contributed by atoms with Crippen molar-refractivity contribution in [2.75, 3.05) is 29.4 Å². The van der Waals surface area contributed by atoms with Gasteiger partial charge in [0.15, 0.2) is 0 Å². The molecule has 0 radical (unpaired) electrons. The van der Waals surface area contributed by atoms with Gasteiger partial charge in [-0.2, -0.15) is 0 Å². The molecule has 1 saturated carbocycles. The summed E-state index contributed by atoms with van der Waals surface area (Å²) in [6.45, 7) is 1.82. The molecule has 0 atom stereocenters. The summed E-state index contributed by atoms with van der Waals surface area (Å²) in [6, 6.07) is 11.2. The predicted octanol–water partition coefficient (Wildman–Crippen LogP) is 2.79. The number of para-hydroxylation sites is 1. The largest absolute Gasteiger partial charge is 0.356 e. The number of imide groups is 1. The number of urea groups is 1. The van der Waals surface area contributed by atoms with Gasteiger partial charge in [0.1, 0.15) is 18.7 Å². The summed E-state index contributed by atoms with van der Waals surface area (Å²) in [5, 5.41) is 0. The first-order valence-electron chi connectivity index (χ1n) is 9.96. The van der Waals surface area contributed by atoms with E-state index in [1.54, 1.807) is 23.4 Å². The van der Waals surface area contributed by atoms with Gasteiger partial charge in [-0.05, 0) is 37.8 Å². The fraction of sp³-hybridized carbons (Fsp3) is 0.429. The van der Waals surface area contributed by atoms with E-state index in [1.807, 2.05) is 18.2 Å². The Morgan fingerprint density at radius 2 is 1.68 bits per heavy atom. The molecule has 2 aliphatic heterocycles. The minimum absolute atomic E-state index is 0.0890. The lowest BCUT2D eigenvalue weighted by atomic mass is 10.0. The van der Waals surface area contributed by atoms with Crippen molar-refractivity contribution < 1.29 is 9.59 Å². The van der Waals surface area contributed by atoms with E-state index in [2.05, 4.69) is 20.9 Å². The molecule has 1 aromatic carbocycles. The van der Waals surface area contributed by atoms with Gasteiger partial charge in [0, 0.05) is 36.8 Å². The summed E-state index contributed by atoms with van der Waals surface area (Å²) in [4.78, 5) is 39.5. The second kappa shape index (κ2) is 6.89. The third-order valence-electron chi connectivity index (χ3n) is 5.91. The van der Waals surface area contributed by atoms with Gasteiger partial charge in [0.25, 0.3) is 5.91 Å². The Kier molecular flexibility index (Phi) is 4.22. The lowest BCUT2D eigenvalue weighted by molar-refractivity contribution is -0.116. The van der Waals surface area contributed by atoms with Crippen LogP contribution in [0.4, 0.5) is 16.3 Å². The van der Waals surface area contributed by atoms with E-state index < -0.39 is 0 Å². The summed E-state index contributed by atoms with van der Waals surface area (Å²) in [5.41, 5.74) is 1.79. The highest BCUT2D eigenvalue weighted by Gasteiger charge is 2.41. The highest BCUT2D eigenvalue weighted by Crippen LogP contribution is 2.39. The van der Waals surface area contributed by atoms with Gasteiger partial charge in [-0.3, -0.25) is 4.79 Å². The van der Waals surface area contributed by atoms with Crippen molar-refractivity contribution in [2.24, 2.45) is 0 Å². The highest BCUT2D eigenvalue weighted by molar-refractivity contribution is 6.19. The van der Waals surface area contributed by atoms with Crippen LogP contribution in [0.1, 0.15) is 37.3 Å². The van der Waals surface area contributed by atoms with Crippen LogP contribution in [0.5, 0.6) is 0 Å². The molecule has 2 saturated heterocycles. The second-order valence-electron chi connectivity index (χ2n) is 7.77. The fourth-order valence-corrected chi connectivity index (χ4v) is 4.18. The summed E-state index contributed by atoms with van der Waals surface area (Å²) in [5.74, 6) is 1.44. The highest BCUT2D eigenvalue weighted by atomic mass is 16.2. The molecule has 3 amide bonds. The molecule has 0 bridgehead atoms. The Hall–Kier alpha value is -2.96. The number of nitrogens with zero attached hydrogens (tertiary/aromatic N) is 5. The quantitative estimate of drug-likeness (QED) is 0.767. The SMILES string of the molecule is O=C1CN(C2CCN(c3cc(C4CC4)ncn3)CC2)C(=O)N1c1ccccc1. The van der Waals surface area contributed by atoms with E-state index in [4.69, 9.17) is 0 Å². The average molecular weight is 377 g/mol. The third-order valence-corrected chi connectivity index (χ3v) is 5.91. The van der Waals surface area contributed by atoms with Gasteiger partial charge in [0.2, 0.25) is 0 Å². The number of carbonyl (C=O) groups excluding carboxylic acids is 2. The smallest absolute Gasteiger partial charge is 0.332 e. The summed E-state index contributed by atoms with van der Waals surface area (Å²) in [6.07, 6.45) is 5.79. The molecular weight excluding hydrogens is 354 g/mol. The van der Waals surface area contributed by atoms with Gasteiger partial charge >= 0.3 is 6.03 Å². The number of rotatable bonds is 4. The minimum atomic E-state index is -0.201. The maximum absolute atomic E-state index is 12.9. The number of anilines is 2. The zero-order chi connectivity index (χ0) is 19.1. The van der Waals surface area contributed by atoms with Crippen molar-refractivity contribution in [3.05, 3.63) is 48.4 Å². The van der Waals surface area contributed by atoms with Crippen LogP contribution in [0.15, 0.2) is 42.7 Å². The number of hydrogen-bond acceptors (Lipinski definition) is 5. The molecule has 5 rings (SSSR count). The fourth-order valence-electron chi connectivity index (χ4n) is 4.18. The van der Waals surface area contributed by atoms with Crippen LogP contribution in [-0.2, 0) is 4.79 Å². The average Bonchev–Trinajstić information content (AvgIpc) is 3.54. The van der Waals surface area contributed by atoms with Crippen LogP contribution in [-0.4, -0.2) is 52.5 Å². The maximum atomic E-state index is 12.9. The molecule has 7 heteroatoms. The number of amides is 3. The van der Waals surface area contributed by atoms with Crippen LogP contribution in [0.25, 0.3) is 0 Å². The van der Waals surface area contributed by atoms with Crippen LogP contribution in [0, 0.1) is 0 Å². The molecule has 28 heavy (non-hydrogen) atoms. The zero-order valence-electron chi connectivity index (χ0n) is 15.7. The Bertz CT molecular complexity index is 891. The number of piperidine rings is 1. The Morgan fingerprint density at radius 3 is 2.39 bits per heavy atom. The maximum Gasteiger partial charge on any atom is 0.332 e. The van der Waals surface area contributed by atoms with E-state index in [9.17, 15) is 9.59 Å². The summed E-state index contributed by atoms with van der Waals surface area (Å²) >= 11 is 0. The lowest BCUT2D eigenvalue weighted by Gasteiger charge is -2.36. The molecule has 3 aliphatic rings. The van der Waals surface area contributed by atoms with Crippen molar-refractivity contribution in [1.29, 1.82) is 0 Å². The molecule has 3 fully saturated rings. The normalized spacial score (nSPS) is 20.9. The second-order valence-corrected chi connectivity index (χ2v) is 7.77. The summed E-state index contributed by atoms with van der Waals surface area (Å²) in [7, 11) is 0. The first-order valence-corrected chi connectivity index (χ1v) is 9.96. The molecule has 2 aromatic rings. The van der Waals surface area contributed by atoms with Gasteiger partial charge < -0.3 is 9.80 Å². The molecule has 1 aliphatic carbocycles. The number of aromatic nitrogens is 2. The van der Waals surface area contributed by atoms with E-state index >= 15 is 0 Å². The molecule has 0 spiro atoms. The molecular formula is C21H23N5O2. The first-order chi connectivity index (χ1) is 13.7. The topological polar surface area (TPSA) is 69.6 Å². The first kappa shape index (κ1) is 17.2. The van der Waals surface area contributed by atoms with Gasteiger partial charge in [-0.25, -0.2) is 19.7 Å². The van der Waals surface area contributed by atoms with E-state index in [0.717, 1.165) is 37.4 Å². The Morgan fingerprint density at radius 1 is 0.929 bits per heavy atom. The number of benzene rings is 1.